The van der Waals surface area contributed by atoms with Gasteiger partial charge in [-0.2, -0.15) is 0 Å². The van der Waals surface area contributed by atoms with Gasteiger partial charge in [0.15, 0.2) is 5.60 Å². The maximum Gasteiger partial charge on any atom is 0.349 e. The smallest absolute Gasteiger partial charge is 0.349 e. The number of halogens is 4. The van der Waals surface area contributed by atoms with Crippen LogP contribution in [0.2, 0.25) is 20.1 Å². The minimum absolute atomic E-state index is 0.0264. The number of esters is 2. The quantitative estimate of drug-likeness (QED) is 0.193. The van der Waals surface area contributed by atoms with Crippen molar-refractivity contribution < 1.29 is 44.7 Å². The first-order valence-corrected chi connectivity index (χ1v) is 12.2. The van der Waals surface area contributed by atoms with Crippen molar-refractivity contribution in [2.75, 3.05) is 6.61 Å². The number of carbonyl (C=O) groups excluding carboxylic acids is 3. The Balaban J connectivity index is 2.59. The highest BCUT2D eigenvalue weighted by Crippen LogP contribution is 2.35. The third kappa shape index (κ3) is 7.63. The van der Waals surface area contributed by atoms with E-state index in [1.165, 1.54) is 36.4 Å². The van der Waals surface area contributed by atoms with Crippen molar-refractivity contribution in [3.8, 4) is 0 Å². The molecular weight excluding hydrogens is 574 g/mol. The highest BCUT2D eigenvalue weighted by Gasteiger charge is 2.57. The molecule has 2 aromatic carbocycles. The van der Waals surface area contributed by atoms with Crippen LogP contribution in [0.4, 0.5) is 0 Å². The molecule has 0 saturated carbocycles. The third-order valence-corrected chi connectivity index (χ3v) is 7.04. The molecule has 0 aliphatic heterocycles. The van der Waals surface area contributed by atoms with E-state index in [0.29, 0.717) is 0 Å². The zero-order valence-electron chi connectivity index (χ0n) is 19.3. The van der Waals surface area contributed by atoms with Gasteiger partial charge in [-0.3, -0.25) is 9.59 Å². The molecule has 0 bridgehead atoms. The number of carbonyl (C=O) groups is 3. The normalized spacial score (nSPS) is 16.3. The van der Waals surface area contributed by atoms with Gasteiger partial charge in [0.05, 0.1) is 26.7 Å². The molecule has 0 fully saturated rings. The van der Waals surface area contributed by atoms with Crippen molar-refractivity contribution in [2.24, 2.45) is 0 Å². The lowest BCUT2D eigenvalue weighted by Crippen LogP contribution is -2.67. The molecule has 2 aromatic rings. The van der Waals surface area contributed by atoms with E-state index >= 15 is 0 Å². The zero-order chi connectivity index (χ0) is 28.1. The number of aliphatic hydroxyl groups excluding tert-OH is 3. The number of hydrogen-bond acceptors (Lipinski definition) is 9. The summed E-state index contributed by atoms with van der Waals surface area (Å²) in [6, 6.07) is 8.00. The van der Waals surface area contributed by atoms with Crippen molar-refractivity contribution in [2.45, 2.75) is 49.6 Å². The second-order valence-electron chi connectivity index (χ2n) is 8.51. The van der Waals surface area contributed by atoms with E-state index in [2.05, 4.69) is 4.74 Å². The van der Waals surface area contributed by atoms with Gasteiger partial charge in [0.2, 0.25) is 0 Å². The second-order valence-corrected chi connectivity index (χ2v) is 10.1. The number of hydrogen-bond donors (Lipinski definition) is 5. The molecule has 13 heteroatoms. The van der Waals surface area contributed by atoms with Gasteiger partial charge in [-0.25, -0.2) is 4.79 Å². The molecule has 0 aromatic heterocycles. The van der Waals surface area contributed by atoms with E-state index in [4.69, 9.17) is 46.4 Å². The molecule has 2 rings (SSSR count). The lowest BCUT2D eigenvalue weighted by atomic mass is 9.74. The largest absolute Gasteiger partial charge is 0.394 e. The topological polar surface area (TPSA) is 162 Å². The fourth-order valence-corrected chi connectivity index (χ4v) is 4.26. The summed E-state index contributed by atoms with van der Waals surface area (Å²) in [7, 11) is 0. The Morgan fingerprint density at radius 3 is 1.78 bits per heavy atom. The molecule has 0 aliphatic carbocycles. The molecule has 0 radical (unpaired) electrons. The first kappa shape index (κ1) is 31.4. The van der Waals surface area contributed by atoms with E-state index in [1.807, 2.05) is 0 Å². The molecule has 0 spiro atoms. The summed E-state index contributed by atoms with van der Waals surface area (Å²) in [5.41, 5.74) is -5.60. The van der Waals surface area contributed by atoms with Gasteiger partial charge in [-0.15, -0.1) is 0 Å². The zero-order valence-corrected chi connectivity index (χ0v) is 22.4. The molecule has 0 amide bonds. The number of benzene rings is 2. The van der Waals surface area contributed by atoms with Gasteiger partial charge in [-0.1, -0.05) is 58.5 Å². The number of aliphatic hydroxyl groups is 5. The predicted molar refractivity (Wildman–Crippen MR) is 136 cm³/mol. The molecule has 37 heavy (non-hydrogen) atoms. The second kappa shape index (κ2) is 12.8. The standard InChI is InChI=1S/C24H24Cl4O9/c1-12(30)6-20(32)37-22(34)24(36,10-14-3-5-16(26)18(28)8-14)21(33)23(35,19(31)11-29)9-13-2-4-15(25)17(27)7-13/h2-5,7-8,19,21,29,31,33,35-36H,6,9-11H2,1H3/t19-,21+,23-,24-/m1/s1. The van der Waals surface area contributed by atoms with Crippen LogP contribution >= 0.6 is 46.4 Å². The Hall–Kier alpha value is -1.79. The monoisotopic (exact) mass is 596 g/mol. The number of Topliss-reactive ketones (excluding diaryl/α,β-unsaturated/α-hetero) is 1. The molecular formula is C24H24Cl4O9. The lowest BCUT2D eigenvalue weighted by Gasteiger charge is -2.43. The Morgan fingerprint density at radius 2 is 1.35 bits per heavy atom. The fourth-order valence-electron chi connectivity index (χ4n) is 3.62. The first-order valence-electron chi connectivity index (χ1n) is 10.7. The van der Waals surface area contributed by atoms with Crippen molar-refractivity contribution in [3.63, 3.8) is 0 Å². The highest BCUT2D eigenvalue weighted by atomic mass is 35.5. The van der Waals surface area contributed by atoms with E-state index < -0.39 is 67.0 Å². The average molecular weight is 598 g/mol. The minimum atomic E-state index is -3.11. The Bertz CT molecular complexity index is 1170. The van der Waals surface area contributed by atoms with Crippen LogP contribution in [0.25, 0.3) is 0 Å². The van der Waals surface area contributed by atoms with E-state index in [9.17, 15) is 39.9 Å². The highest BCUT2D eigenvalue weighted by molar-refractivity contribution is 6.42. The van der Waals surface area contributed by atoms with Crippen LogP contribution in [0.5, 0.6) is 0 Å². The molecule has 4 atom stereocenters. The van der Waals surface area contributed by atoms with Gasteiger partial charge < -0.3 is 30.3 Å². The summed E-state index contributed by atoms with van der Waals surface area (Å²) in [6.45, 7) is -0.0356. The summed E-state index contributed by atoms with van der Waals surface area (Å²) in [6.07, 6.45) is -6.94. The molecule has 0 aliphatic rings. The van der Waals surface area contributed by atoms with E-state index in [-0.39, 0.29) is 31.2 Å². The summed E-state index contributed by atoms with van der Waals surface area (Å²) >= 11 is 23.8. The van der Waals surface area contributed by atoms with Crippen LogP contribution in [0, 0.1) is 0 Å². The number of rotatable bonds is 11. The van der Waals surface area contributed by atoms with E-state index in [0.717, 1.165) is 6.92 Å². The van der Waals surface area contributed by atoms with Crippen LogP contribution in [0.1, 0.15) is 24.5 Å². The molecule has 0 heterocycles. The van der Waals surface area contributed by atoms with Crippen LogP contribution in [-0.4, -0.2) is 73.3 Å². The van der Waals surface area contributed by atoms with Gasteiger partial charge in [-0.05, 0) is 42.3 Å². The number of ketones is 1. The Morgan fingerprint density at radius 1 is 0.865 bits per heavy atom. The fraction of sp³-hybridized carbons (Fsp3) is 0.375. The molecule has 9 nitrogen and oxygen atoms in total. The first-order chi connectivity index (χ1) is 17.1. The van der Waals surface area contributed by atoms with Crippen molar-refractivity contribution in [3.05, 3.63) is 67.6 Å². The summed E-state index contributed by atoms with van der Waals surface area (Å²) in [5.74, 6) is -3.69. The Kier molecular flexibility index (Phi) is 10.9. The van der Waals surface area contributed by atoms with Gasteiger partial charge in [0.1, 0.15) is 30.0 Å². The molecule has 202 valence electrons. The van der Waals surface area contributed by atoms with Crippen LogP contribution in [0.3, 0.4) is 0 Å². The maximum absolute atomic E-state index is 13.0. The van der Waals surface area contributed by atoms with Crippen molar-refractivity contribution in [1.29, 1.82) is 0 Å². The molecule has 5 N–H and O–H groups in total. The summed E-state index contributed by atoms with van der Waals surface area (Å²) in [5, 5.41) is 54.6. The average Bonchev–Trinajstić information content (AvgIpc) is 2.81. The minimum Gasteiger partial charge on any atom is -0.394 e. The van der Waals surface area contributed by atoms with Crippen LogP contribution in [-0.2, 0) is 32.0 Å². The van der Waals surface area contributed by atoms with Crippen molar-refractivity contribution >= 4 is 64.1 Å². The Labute approximate surface area is 232 Å². The maximum atomic E-state index is 13.0. The molecule has 0 saturated heterocycles. The van der Waals surface area contributed by atoms with Gasteiger partial charge in [0, 0.05) is 12.8 Å². The van der Waals surface area contributed by atoms with Crippen LogP contribution in [0.15, 0.2) is 36.4 Å². The van der Waals surface area contributed by atoms with E-state index in [1.54, 1.807) is 0 Å². The van der Waals surface area contributed by atoms with Crippen molar-refractivity contribution in [1.82, 2.24) is 0 Å². The lowest BCUT2D eigenvalue weighted by molar-refractivity contribution is -0.225. The molecule has 0 unspecified atom stereocenters. The number of ether oxygens (including phenoxy) is 1. The summed E-state index contributed by atoms with van der Waals surface area (Å²) < 4.78 is 4.61. The summed E-state index contributed by atoms with van der Waals surface area (Å²) in [4.78, 5) is 36.3. The predicted octanol–water partition coefficient (Wildman–Crippen LogP) is 2.31. The van der Waals surface area contributed by atoms with Gasteiger partial charge >= 0.3 is 11.9 Å². The third-order valence-electron chi connectivity index (χ3n) is 5.56. The van der Waals surface area contributed by atoms with Gasteiger partial charge in [0.25, 0.3) is 0 Å². The SMILES string of the molecule is CC(=O)CC(=O)OC(=O)[C@@](O)(Cc1ccc(Cl)c(Cl)c1)[C@@H](O)[C@@](O)(Cc1ccc(Cl)c(Cl)c1)[C@H](O)CO. The van der Waals surface area contributed by atoms with Crippen LogP contribution < -0.4 is 0 Å².